The van der Waals surface area contributed by atoms with Crippen LogP contribution >= 0.6 is 0 Å². The van der Waals surface area contributed by atoms with Crippen LogP contribution in [0.25, 0.3) is 0 Å². The van der Waals surface area contributed by atoms with Gasteiger partial charge in [-0.05, 0) is 50.1 Å². The Labute approximate surface area is 166 Å². The number of anilines is 1. The summed E-state index contributed by atoms with van der Waals surface area (Å²) in [6, 6.07) is 12.0. The summed E-state index contributed by atoms with van der Waals surface area (Å²) in [5, 5.41) is 6.35. The second kappa shape index (κ2) is 8.72. The van der Waals surface area contributed by atoms with E-state index in [1.165, 1.54) is 12.1 Å². The number of alkyl halides is 2. The normalized spacial score (nSPS) is 10.8. The molecule has 152 valence electrons. The molecule has 1 N–H and O–H groups in total. The molecular formula is C21H20F2N2O4. The van der Waals surface area contributed by atoms with Crippen molar-refractivity contribution in [1.82, 2.24) is 5.16 Å². The zero-order valence-electron chi connectivity index (χ0n) is 16.2. The lowest BCUT2D eigenvalue weighted by molar-refractivity contribution is -0.0494. The molecule has 6 nitrogen and oxygen atoms in total. The monoisotopic (exact) mass is 402 g/mol. The van der Waals surface area contributed by atoms with Crippen LogP contribution in [0.1, 0.15) is 32.9 Å². The molecule has 0 spiro atoms. The minimum absolute atomic E-state index is 0.0136. The van der Waals surface area contributed by atoms with Gasteiger partial charge in [0.2, 0.25) is 0 Å². The van der Waals surface area contributed by atoms with Crippen molar-refractivity contribution in [3.63, 3.8) is 0 Å². The highest BCUT2D eigenvalue weighted by atomic mass is 19.3. The lowest BCUT2D eigenvalue weighted by Crippen LogP contribution is -2.17. The Morgan fingerprint density at radius 3 is 2.62 bits per heavy atom. The van der Waals surface area contributed by atoms with Crippen LogP contribution in [0.4, 0.5) is 14.5 Å². The number of benzene rings is 2. The van der Waals surface area contributed by atoms with Crippen molar-refractivity contribution in [1.29, 1.82) is 0 Å². The van der Waals surface area contributed by atoms with Gasteiger partial charge >= 0.3 is 6.61 Å². The number of carbonyl (C=O) groups is 1. The number of rotatable bonds is 7. The van der Waals surface area contributed by atoms with Crippen LogP contribution in [0.5, 0.6) is 11.5 Å². The quantitative estimate of drug-likeness (QED) is 0.600. The zero-order chi connectivity index (χ0) is 21.0. The lowest BCUT2D eigenvalue weighted by Gasteiger charge is -2.13. The van der Waals surface area contributed by atoms with E-state index in [2.05, 4.69) is 15.2 Å². The van der Waals surface area contributed by atoms with E-state index in [9.17, 15) is 13.6 Å². The molecule has 1 aromatic heterocycles. The molecular weight excluding hydrogens is 382 g/mol. The van der Waals surface area contributed by atoms with E-state index in [1.54, 1.807) is 19.9 Å². The first kappa shape index (κ1) is 20.3. The number of hydrogen-bond acceptors (Lipinski definition) is 5. The molecule has 0 saturated carbocycles. The van der Waals surface area contributed by atoms with Gasteiger partial charge in [-0.2, -0.15) is 8.78 Å². The summed E-state index contributed by atoms with van der Waals surface area (Å²) in [4.78, 5) is 12.7. The topological polar surface area (TPSA) is 73.6 Å². The maximum atomic E-state index is 12.7. The number of halogens is 2. The molecule has 0 saturated heterocycles. The van der Waals surface area contributed by atoms with E-state index in [0.717, 1.165) is 5.56 Å². The zero-order valence-corrected chi connectivity index (χ0v) is 16.2. The molecule has 0 bridgehead atoms. The summed E-state index contributed by atoms with van der Waals surface area (Å²) in [5.74, 6) is 0.349. The molecule has 0 aliphatic rings. The van der Waals surface area contributed by atoms with E-state index in [4.69, 9.17) is 9.26 Å². The number of nitrogens with one attached hydrogen (secondary N) is 1. The molecule has 0 aliphatic carbocycles. The van der Waals surface area contributed by atoms with Gasteiger partial charge in [-0.15, -0.1) is 0 Å². The second-order valence-electron chi connectivity index (χ2n) is 6.45. The maximum absolute atomic E-state index is 12.7. The van der Waals surface area contributed by atoms with Crippen LogP contribution in [0.15, 0.2) is 47.0 Å². The molecule has 3 aromatic rings. The van der Waals surface area contributed by atoms with Crippen molar-refractivity contribution in [2.45, 2.75) is 34.0 Å². The summed E-state index contributed by atoms with van der Waals surface area (Å²) >= 11 is 0. The summed E-state index contributed by atoms with van der Waals surface area (Å²) in [6.45, 7) is 2.35. The van der Waals surface area contributed by atoms with Crippen molar-refractivity contribution < 1.29 is 27.6 Å². The van der Waals surface area contributed by atoms with Gasteiger partial charge in [0.25, 0.3) is 5.91 Å². The van der Waals surface area contributed by atoms with Gasteiger partial charge in [-0.1, -0.05) is 29.4 Å². The fraction of sp³-hybridized carbons (Fsp3) is 0.238. The van der Waals surface area contributed by atoms with Gasteiger partial charge in [0.05, 0.1) is 11.3 Å². The first-order valence-corrected chi connectivity index (χ1v) is 8.85. The number of hydrogen-bond donors (Lipinski definition) is 1. The average Bonchev–Trinajstić information content (AvgIpc) is 3.03. The maximum Gasteiger partial charge on any atom is 0.387 e. The predicted octanol–water partition coefficient (Wildman–Crippen LogP) is 5.03. The van der Waals surface area contributed by atoms with Gasteiger partial charge < -0.3 is 19.3 Å². The van der Waals surface area contributed by atoms with Gasteiger partial charge in [-0.25, -0.2) is 0 Å². The van der Waals surface area contributed by atoms with Crippen LogP contribution in [0.2, 0.25) is 0 Å². The van der Waals surface area contributed by atoms with Crippen molar-refractivity contribution >= 4 is 11.6 Å². The number of para-hydroxylation sites is 1. The van der Waals surface area contributed by atoms with Crippen LogP contribution < -0.4 is 14.8 Å². The minimum atomic E-state index is -3.01. The number of ether oxygens (including phenoxy) is 2. The van der Waals surface area contributed by atoms with E-state index in [0.29, 0.717) is 22.6 Å². The third-order valence-electron chi connectivity index (χ3n) is 4.27. The molecule has 0 unspecified atom stereocenters. The number of nitrogens with zero attached hydrogens (tertiary/aromatic N) is 1. The SMILES string of the molecule is Cc1ccc(NC(=O)c2noc(C)c2COc2ccccc2C)c(OC(F)F)c1. The highest BCUT2D eigenvalue weighted by molar-refractivity contribution is 6.04. The fourth-order valence-corrected chi connectivity index (χ4v) is 2.72. The van der Waals surface area contributed by atoms with E-state index in [-0.39, 0.29) is 23.7 Å². The molecule has 1 heterocycles. The van der Waals surface area contributed by atoms with E-state index >= 15 is 0 Å². The molecule has 3 rings (SSSR count). The molecule has 0 fully saturated rings. The van der Waals surface area contributed by atoms with Gasteiger partial charge in [-0.3, -0.25) is 4.79 Å². The Morgan fingerprint density at radius 2 is 1.90 bits per heavy atom. The summed E-state index contributed by atoms with van der Waals surface area (Å²) in [5.41, 5.74) is 2.24. The second-order valence-corrected chi connectivity index (χ2v) is 6.45. The Hall–Kier alpha value is -3.42. The number of amides is 1. The first-order chi connectivity index (χ1) is 13.8. The predicted molar refractivity (Wildman–Crippen MR) is 103 cm³/mol. The lowest BCUT2D eigenvalue weighted by atomic mass is 10.1. The first-order valence-electron chi connectivity index (χ1n) is 8.85. The Balaban J connectivity index is 1.80. The molecule has 29 heavy (non-hydrogen) atoms. The standard InChI is InChI=1S/C21H20F2N2O4/c1-12-8-9-16(18(10-12)28-21(22)23)24-20(26)19-15(14(3)29-25-19)11-27-17-7-5-4-6-13(17)2/h4-10,21H,11H2,1-3H3,(H,24,26). The van der Waals surface area contributed by atoms with Crippen LogP contribution in [0.3, 0.4) is 0 Å². The van der Waals surface area contributed by atoms with Crippen molar-refractivity contribution in [3.8, 4) is 11.5 Å². The summed E-state index contributed by atoms with van der Waals surface area (Å²) in [6.07, 6.45) is 0. The molecule has 1 amide bonds. The molecule has 0 aliphatic heterocycles. The Bertz CT molecular complexity index is 1020. The number of aromatic nitrogens is 1. The Kier molecular flexibility index (Phi) is 6.11. The van der Waals surface area contributed by atoms with Crippen LogP contribution in [-0.4, -0.2) is 17.7 Å². The van der Waals surface area contributed by atoms with Gasteiger partial charge in [0.15, 0.2) is 5.69 Å². The molecule has 2 aromatic carbocycles. The van der Waals surface area contributed by atoms with Crippen LogP contribution in [-0.2, 0) is 6.61 Å². The van der Waals surface area contributed by atoms with Gasteiger partial charge in [0.1, 0.15) is 23.9 Å². The van der Waals surface area contributed by atoms with E-state index < -0.39 is 12.5 Å². The average molecular weight is 402 g/mol. The van der Waals surface area contributed by atoms with Crippen molar-refractivity contribution in [2.24, 2.45) is 0 Å². The Morgan fingerprint density at radius 1 is 1.14 bits per heavy atom. The summed E-state index contributed by atoms with van der Waals surface area (Å²) < 4.78 is 40.8. The van der Waals surface area contributed by atoms with Gasteiger partial charge in [0, 0.05) is 0 Å². The van der Waals surface area contributed by atoms with Crippen molar-refractivity contribution in [3.05, 3.63) is 70.6 Å². The molecule has 0 radical (unpaired) electrons. The summed E-state index contributed by atoms with van der Waals surface area (Å²) in [7, 11) is 0. The number of carbonyl (C=O) groups excluding carboxylic acids is 1. The van der Waals surface area contributed by atoms with Crippen molar-refractivity contribution in [2.75, 3.05) is 5.32 Å². The molecule has 0 atom stereocenters. The third kappa shape index (κ3) is 4.90. The molecule has 8 heteroatoms. The highest BCUT2D eigenvalue weighted by Gasteiger charge is 2.22. The van der Waals surface area contributed by atoms with Crippen LogP contribution in [0, 0.1) is 20.8 Å². The number of aryl methyl sites for hydroxylation is 3. The minimum Gasteiger partial charge on any atom is -0.488 e. The highest BCUT2D eigenvalue weighted by Crippen LogP contribution is 2.28. The van der Waals surface area contributed by atoms with E-state index in [1.807, 2.05) is 31.2 Å². The largest absolute Gasteiger partial charge is 0.488 e. The third-order valence-corrected chi connectivity index (χ3v) is 4.27. The fourth-order valence-electron chi connectivity index (χ4n) is 2.72. The smallest absolute Gasteiger partial charge is 0.387 e.